The molecule has 8 nitrogen and oxygen atoms in total. The van der Waals surface area contributed by atoms with E-state index in [9.17, 15) is 4.39 Å². The predicted octanol–water partition coefficient (Wildman–Crippen LogP) is 3.79. The second kappa shape index (κ2) is 11.9. The van der Waals surface area contributed by atoms with Crippen LogP contribution in [0.5, 0.6) is 0 Å². The normalized spacial score (nSPS) is 15.9. The third-order valence-electron chi connectivity index (χ3n) is 5.37. The molecule has 1 unspecified atom stereocenters. The number of halogens is 2. The van der Waals surface area contributed by atoms with Crippen LogP contribution in [0, 0.1) is 5.82 Å². The first kappa shape index (κ1) is 24.9. The van der Waals surface area contributed by atoms with E-state index in [2.05, 4.69) is 37.7 Å². The first-order chi connectivity index (χ1) is 15.7. The average molecular weight is 565 g/mol. The van der Waals surface area contributed by atoms with Gasteiger partial charge in [0, 0.05) is 50.9 Å². The van der Waals surface area contributed by atoms with Crippen molar-refractivity contribution in [1.82, 2.24) is 25.8 Å². The maximum atomic E-state index is 14.0. The number of hydrogen-bond donors (Lipinski definition) is 2. The molecule has 2 aromatic heterocycles. The number of aliphatic imine (C=N–C) groups is 1. The third kappa shape index (κ3) is 6.40. The van der Waals surface area contributed by atoms with Gasteiger partial charge in [0.25, 0.3) is 5.89 Å². The van der Waals surface area contributed by atoms with E-state index in [1.54, 1.807) is 19.3 Å². The molecule has 0 radical (unpaired) electrons. The second-order valence-corrected chi connectivity index (χ2v) is 7.78. The number of guanidine groups is 1. The maximum absolute atomic E-state index is 14.0. The fourth-order valence-corrected chi connectivity index (χ4v) is 3.76. The molecule has 4 rings (SSSR count). The Bertz CT molecular complexity index is 1070. The SMILES string of the molecule is CCCc1noc(-c2cccc(CNC(=NC)NC3CCN(c4ncccc4F)C3)c2)n1.I. The van der Waals surface area contributed by atoms with Crippen LogP contribution in [-0.2, 0) is 13.0 Å². The number of aryl methyl sites for hydroxylation is 1. The van der Waals surface area contributed by atoms with Gasteiger partial charge >= 0.3 is 0 Å². The van der Waals surface area contributed by atoms with Gasteiger partial charge in [0.05, 0.1) is 0 Å². The summed E-state index contributed by atoms with van der Waals surface area (Å²) in [4.78, 5) is 14.9. The Balaban J connectivity index is 0.00000306. The highest BCUT2D eigenvalue weighted by molar-refractivity contribution is 14.0. The van der Waals surface area contributed by atoms with E-state index in [0.29, 0.717) is 30.8 Å². The van der Waals surface area contributed by atoms with E-state index >= 15 is 0 Å². The molecular weight excluding hydrogens is 536 g/mol. The van der Waals surface area contributed by atoms with Crippen LogP contribution in [0.1, 0.15) is 31.2 Å². The Hall–Kier alpha value is -2.76. The lowest BCUT2D eigenvalue weighted by molar-refractivity contribution is 0.422. The van der Waals surface area contributed by atoms with Gasteiger partial charge < -0.3 is 20.1 Å². The van der Waals surface area contributed by atoms with Gasteiger partial charge in [0.15, 0.2) is 23.4 Å². The molecular formula is C23H29FIN7O. The van der Waals surface area contributed by atoms with Crippen molar-refractivity contribution in [3.8, 4) is 11.5 Å². The van der Waals surface area contributed by atoms with Crippen molar-refractivity contribution in [3.05, 3.63) is 59.8 Å². The molecule has 1 aliphatic heterocycles. The number of pyridine rings is 1. The highest BCUT2D eigenvalue weighted by atomic mass is 127. The standard InChI is InChI=1S/C23H28FN7O.HI/c1-3-6-20-29-22(32-30-20)17-8-4-7-16(13-17)14-27-23(25-2)28-18-10-12-31(15-18)21-19(24)9-5-11-26-21;/h4-5,7-9,11,13,18H,3,6,10,12,14-15H2,1-2H3,(H2,25,27,28);1H. The molecule has 176 valence electrons. The topological polar surface area (TPSA) is 91.5 Å². The molecule has 0 bridgehead atoms. The van der Waals surface area contributed by atoms with Crippen molar-refractivity contribution in [2.45, 2.75) is 38.8 Å². The van der Waals surface area contributed by atoms with Gasteiger partial charge in [-0.1, -0.05) is 24.2 Å². The molecule has 0 spiro atoms. The molecule has 1 saturated heterocycles. The molecule has 1 aromatic carbocycles. The van der Waals surface area contributed by atoms with Crippen LogP contribution in [0.4, 0.5) is 10.2 Å². The van der Waals surface area contributed by atoms with E-state index in [1.165, 1.54) is 6.07 Å². The van der Waals surface area contributed by atoms with Crippen LogP contribution in [0.25, 0.3) is 11.5 Å². The number of nitrogens with zero attached hydrogens (tertiary/aromatic N) is 5. The van der Waals surface area contributed by atoms with Gasteiger partial charge in [-0.3, -0.25) is 4.99 Å². The lowest BCUT2D eigenvalue weighted by Gasteiger charge is -2.20. The summed E-state index contributed by atoms with van der Waals surface area (Å²) in [6.45, 7) is 4.09. The van der Waals surface area contributed by atoms with Crippen molar-refractivity contribution in [3.63, 3.8) is 0 Å². The quantitative estimate of drug-likeness (QED) is 0.256. The molecule has 1 fully saturated rings. The summed E-state index contributed by atoms with van der Waals surface area (Å²) in [5.74, 6) is 2.07. The van der Waals surface area contributed by atoms with Gasteiger partial charge in [-0.05, 0) is 42.7 Å². The van der Waals surface area contributed by atoms with E-state index < -0.39 is 0 Å². The Morgan fingerprint density at radius 2 is 2.18 bits per heavy atom. The fourth-order valence-electron chi connectivity index (χ4n) is 3.76. The predicted molar refractivity (Wildman–Crippen MR) is 137 cm³/mol. The monoisotopic (exact) mass is 565 g/mol. The third-order valence-corrected chi connectivity index (χ3v) is 5.37. The molecule has 0 saturated carbocycles. The first-order valence-electron chi connectivity index (χ1n) is 10.9. The van der Waals surface area contributed by atoms with Gasteiger partial charge in [-0.25, -0.2) is 9.37 Å². The summed E-state index contributed by atoms with van der Waals surface area (Å²) < 4.78 is 19.4. The zero-order valence-corrected chi connectivity index (χ0v) is 21.1. The van der Waals surface area contributed by atoms with Gasteiger partial charge in [0.1, 0.15) is 0 Å². The zero-order valence-electron chi connectivity index (χ0n) is 18.8. The van der Waals surface area contributed by atoms with Crippen molar-refractivity contribution < 1.29 is 8.91 Å². The first-order valence-corrected chi connectivity index (χ1v) is 10.9. The average Bonchev–Trinajstić information content (AvgIpc) is 3.47. The Morgan fingerprint density at radius 3 is 2.97 bits per heavy atom. The van der Waals surface area contributed by atoms with E-state index in [0.717, 1.165) is 42.8 Å². The molecule has 33 heavy (non-hydrogen) atoms. The lowest BCUT2D eigenvalue weighted by Crippen LogP contribution is -2.44. The lowest BCUT2D eigenvalue weighted by atomic mass is 10.1. The zero-order chi connectivity index (χ0) is 22.3. The second-order valence-electron chi connectivity index (χ2n) is 7.78. The maximum Gasteiger partial charge on any atom is 0.257 e. The van der Waals surface area contributed by atoms with Crippen molar-refractivity contribution in [1.29, 1.82) is 0 Å². The summed E-state index contributed by atoms with van der Waals surface area (Å²) in [6, 6.07) is 11.2. The summed E-state index contributed by atoms with van der Waals surface area (Å²) in [6.07, 6.45) is 4.28. The summed E-state index contributed by atoms with van der Waals surface area (Å²) in [7, 11) is 1.74. The molecule has 0 aliphatic carbocycles. The smallest absolute Gasteiger partial charge is 0.257 e. The van der Waals surface area contributed by atoms with Crippen molar-refractivity contribution >= 4 is 35.8 Å². The Labute approximate surface area is 210 Å². The number of anilines is 1. The van der Waals surface area contributed by atoms with Crippen LogP contribution < -0.4 is 15.5 Å². The molecule has 0 amide bonds. The van der Waals surface area contributed by atoms with Gasteiger partial charge in [0.2, 0.25) is 0 Å². The van der Waals surface area contributed by atoms with Gasteiger partial charge in [-0.2, -0.15) is 4.98 Å². The van der Waals surface area contributed by atoms with E-state index in [4.69, 9.17) is 4.52 Å². The number of benzene rings is 1. The number of aromatic nitrogens is 3. The van der Waals surface area contributed by atoms with E-state index in [1.807, 2.05) is 29.2 Å². The Morgan fingerprint density at radius 1 is 1.30 bits per heavy atom. The molecule has 3 aromatic rings. The summed E-state index contributed by atoms with van der Waals surface area (Å²) in [5, 5.41) is 10.8. The minimum atomic E-state index is -0.293. The molecule has 3 heterocycles. The highest BCUT2D eigenvalue weighted by Gasteiger charge is 2.25. The number of hydrogen-bond acceptors (Lipinski definition) is 6. The molecule has 1 atom stereocenters. The molecule has 1 aliphatic rings. The van der Waals surface area contributed by atoms with Crippen LogP contribution in [0.2, 0.25) is 0 Å². The van der Waals surface area contributed by atoms with Crippen LogP contribution in [0.3, 0.4) is 0 Å². The molecule has 10 heteroatoms. The largest absolute Gasteiger partial charge is 0.352 e. The molecule has 2 N–H and O–H groups in total. The fraction of sp³-hybridized carbons (Fsp3) is 0.391. The number of rotatable bonds is 7. The number of nitrogens with one attached hydrogen (secondary N) is 2. The van der Waals surface area contributed by atoms with Crippen LogP contribution in [-0.4, -0.2) is 47.3 Å². The Kier molecular flexibility index (Phi) is 8.98. The van der Waals surface area contributed by atoms with E-state index in [-0.39, 0.29) is 35.8 Å². The van der Waals surface area contributed by atoms with Crippen LogP contribution in [0.15, 0.2) is 52.1 Å². The van der Waals surface area contributed by atoms with Crippen LogP contribution >= 0.6 is 24.0 Å². The minimum Gasteiger partial charge on any atom is -0.352 e. The van der Waals surface area contributed by atoms with Gasteiger partial charge in [-0.15, -0.1) is 24.0 Å². The van der Waals surface area contributed by atoms with Crippen molar-refractivity contribution in [2.75, 3.05) is 25.0 Å². The minimum absolute atomic E-state index is 0. The summed E-state index contributed by atoms with van der Waals surface area (Å²) in [5.41, 5.74) is 1.97. The van der Waals surface area contributed by atoms with Crippen molar-refractivity contribution in [2.24, 2.45) is 4.99 Å². The highest BCUT2D eigenvalue weighted by Crippen LogP contribution is 2.21. The summed E-state index contributed by atoms with van der Waals surface area (Å²) >= 11 is 0.